The van der Waals surface area contributed by atoms with Crippen molar-refractivity contribution in [1.82, 2.24) is 9.80 Å². The Labute approximate surface area is 188 Å². The van der Waals surface area contributed by atoms with Crippen LogP contribution in [0.1, 0.15) is 64.9 Å². The van der Waals surface area contributed by atoms with Gasteiger partial charge in [-0.05, 0) is 60.0 Å². The smallest absolute Gasteiger partial charge is 0.225 e. The molecule has 0 N–H and O–H groups in total. The van der Waals surface area contributed by atoms with Gasteiger partial charge in [0.1, 0.15) is 0 Å². The Kier molecular flexibility index (Phi) is 5.70. The van der Waals surface area contributed by atoms with Gasteiger partial charge in [0.15, 0.2) is 0 Å². The lowest BCUT2D eigenvalue weighted by Gasteiger charge is -2.46. The average Bonchev–Trinajstić information content (AvgIpc) is 3.44. The van der Waals surface area contributed by atoms with Gasteiger partial charge in [0.05, 0.1) is 0 Å². The predicted octanol–water partition coefficient (Wildman–Crippen LogP) is 5.80. The molecule has 2 saturated carbocycles. The molecule has 2 atom stereocenters. The molecule has 2 fully saturated rings. The van der Waals surface area contributed by atoms with Crippen molar-refractivity contribution in [3.63, 3.8) is 0 Å². The minimum Gasteiger partial charge on any atom is -0.351 e. The number of hydrogen-bond donors (Lipinski definition) is 0. The molecule has 31 heavy (non-hydrogen) atoms. The molecule has 0 radical (unpaired) electrons. The first-order chi connectivity index (χ1) is 14.5. The number of anilines is 1. The van der Waals surface area contributed by atoms with Gasteiger partial charge in [-0.15, -0.1) is 0 Å². The fourth-order valence-corrected chi connectivity index (χ4v) is 6.18. The van der Waals surface area contributed by atoms with Crippen LogP contribution in [0.15, 0.2) is 49.1 Å². The Morgan fingerprint density at radius 3 is 2.23 bits per heavy atom. The van der Waals surface area contributed by atoms with Crippen molar-refractivity contribution in [2.45, 2.75) is 59.3 Å². The lowest BCUT2D eigenvalue weighted by Crippen LogP contribution is -2.33. The van der Waals surface area contributed by atoms with Crippen molar-refractivity contribution in [3.8, 4) is 0 Å². The normalized spacial score (nSPS) is 26.8. The highest BCUT2D eigenvalue weighted by atomic mass is 16.2. The Balaban J connectivity index is 1.45. The maximum atomic E-state index is 12.1. The number of nitrogens with zero attached hydrogens (tertiary/aromatic N) is 3. The topological polar surface area (TPSA) is 26.8 Å². The lowest BCUT2D eigenvalue weighted by atomic mass is 9.60. The Morgan fingerprint density at radius 1 is 1.00 bits per heavy atom. The highest BCUT2D eigenvalue weighted by molar-refractivity contribution is 5.81. The second-order valence-electron chi connectivity index (χ2n) is 11.7. The molecule has 4 nitrogen and oxygen atoms in total. The number of carbonyl (C=O) groups is 1. The molecule has 0 bridgehead atoms. The third kappa shape index (κ3) is 4.99. The van der Waals surface area contributed by atoms with Crippen molar-refractivity contribution in [2.75, 3.05) is 25.5 Å². The molecule has 1 aromatic rings. The van der Waals surface area contributed by atoms with Gasteiger partial charge in [-0.3, -0.25) is 4.79 Å². The number of hydrogen-bond acceptors (Lipinski definition) is 3. The molecular weight excluding hydrogens is 382 g/mol. The van der Waals surface area contributed by atoms with Gasteiger partial charge >= 0.3 is 0 Å². The average molecular weight is 422 g/mol. The summed E-state index contributed by atoms with van der Waals surface area (Å²) in [6.45, 7) is 10.6. The zero-order valence-electron chi connectivity index (χ0n) is 20.1. The number of benzene rings is 1. The second kappa shape index (κ2) is 8.03. The zero-order chi connectivity index (χ0) is 22.4. The van der Waals surface area contributed by atoms with E-state index in [1.54, 1.807) is 4.90 Å². The van der Waals surface area contributed by atoms with Crippen molar-refractivity contribution in [3.05, 3.63) is 54.6 Å². The molecule has 1 heterocycles. The largest absolute Gasteiger partial charge is 0.351 e. The first-order valence-electron chi connectivity index (χ1n) is 11.8. The van der Waals surface area contributed by atoms with Crippen LogP contribution in [0.3, 0.4) is 0 Å². The monoisotopic (exact) mass is 421 g/mol. The maximum Gasteiger partial charge on any atom is 0.225 e. The highest BCUT2D eigenvalue weighted by Gasteiger charge is 2.44. The van der Waals surface area contributed by atoms with E-state index in [4.69, 9.17) is 0 Å². The first-order valence-corrected chi connectivity index (χ1v) is 11.8. The van der Waals surface area contributed by atoms with E-state index in [9.17, 15) is 4.79 Å². The van der Waals surface area contributed by atoms with Crippen LogP contribution in [0.25, 0.3) is 0 Å². The molecule has 4 heteroatoms. The van der Waals surface area contributed by atoms with Crippen LogP contribution in [0.4, 0.5) is 5.69 Å². The van der Waals surface area contributed by atoms with Crippen LogP contribution < -0.4 is 4.90 Å². The fraction of sp³-hybridized carbons (Fsp3) is 0.593. The van der Waals surface area contributed by atoms with Crippen LogP contribution in [0, 0.1) is 22.7 Å². The predicted molar refractivity (Wildman–Crippen MR) is 128 cm³/mol. The van der Waals surface area contributed by atoms with Gasteiger partial charge in [0, 0.05) is 57.0 Å². The summed E-state index contributed by atoms with van der Waals surface area (Å²) in [4.78, 5) is 18.3. The SMILES string of the molecule is CN(C)C(=O)[C@@H]1C[C@@H]1CN1C=CN(c2ccccc2C2CC(C)(C)CC(C)(C)C2)C=C1. The van der Waals surface area contributed by atoms with Crippen LogP contribution in [0.2, 0.25) is 0 Å². The van der Waals surface area contributed by atoms with E-state index in [0.29, 0.717) is 22.7 Å². The molecule has 1 aliphatic heterocycles. The molecule has 4 rings (SSSR count). The van der Waals surface area contributed by atoms with E-state index in [2.05, 4.69) is 86.6 Å². The Bertz CT molecular complexity index is 852. The van der Waals surface area contributed by atoms with Gasteiger partial charge < -0.3 is 14.7 Å². The molecule has 0 aromatic heterocycles. The van der Waals surface area contributed by atoms with Crippen LogP contribution in [-0.4, -0.2) is 36.3 Å². The standard InChI is InChI=1S/C27H39N3O/c1-26(2)16-21(17-27(3,4)19-26)22-9-7-8-10-24(22)30-13-11-29(12-14-30)18-20-15-23(20)25(31)28(5)6/h7-14,20-21,23H,15-19H2,1-6H3/t20-,23-/m1/s1. The quantitative estimate of drug-likeness (QED) is 0.601. The van der Waals surface area contributed by atoms with Gasteiger partial charge in [0.25, 0.3) is 0 Å². The molecular formula is C27H39N3O. The van der Waals surface area contributed by atoms with E-state index < -0.39 is 0 Å². The van der Waals surface area contributed by atoms with E-state index in [1.165, 1.54) is 30.5 Å². The summed E-state index contributed by atoms with van der Waals surface area (Å²) in [5.41, 5.74) is 3.49. The van der Waals surface area contributed by atoms with Crippen molar-refractivity contribution >= 4 is 11.6 Å². The summed E-state index contributed by atoms with van der Waals surface area (Å²) >= 11 is 0. The summed E-state index contributed by atoms with van der Waals surface area (Å²) in [5.74, 6) is 1.52. The van der Waals surface area contributed by atoms with Gasteiger partial charge in [0.2, 0.25) is 5.91 Å². The van der Waals surface area contributed by atoms with E-state index in [0.717, 1.165) is 13.0 Å². The third-order valence-electron chi connectivity index (χ3n) is 7.17. The van der Waals surface area contributed by atoms with Crippen LogP contribution in [-0.2, 0) is 4.79 Å². The third-order valence-corrected chi connectivity index (χ3v) is 7.17. The minimum atomic E-state index is 0.202. The fourth-order valence-electron chi connectivity index (χ4n) is 6.18. The van der Waals surface area contributed by atoms with E-state index in [-0.39, 0.29) is 11.8 Å². The molecule has 3 aliphatic rings. The number of para-hydroxylation sites is 1. The molecule has 0 spiro atoms. The molecule has 0 saturated heterocycles. The Morgan fingerprint density at radius 2 is 1.61 bits per heavy atom. The van der Waals surface area contributed by atoms with Gasteiger partial charge in [-0.2, -0.15) is 0 Å². The summed E-state index contributed by atoms with van der Waals surface area (Å²) < 4.78 is 0. The summed E-state index contributed by atoms with van der Waals surface area (Å²) in [6, 6.07) is 8.91. The highest BCUT2D eigenvalue weighted by Crippen LogP contribution is 2.53. The Hall–Kier alpha value is -2.23. The molecule has 1 aromatic carbocycles. The molecule has 1 amide bonds. The van der Waals surface area contributed by atoms with E-state index in [1.807, 2.05) is 14.1 Å². The maximum absolute atomic E-state index is 12.1. The van der Waals surface area contributed by atoms with Crippen LogP contribution in [0.5, 0.6) is 0 Å². The molecule has 168 valence electrons. The second-order valence-corrected chi connectivity index (χ2v) is 11.7. The number of carbonyl (C=O) groups excluding carboxylic acids is 1. The van der Waals surface area contributed by atoms with Crippen molar-refractivity contribution in [2.24, 2.45) is 22.7 Å². The van der Waals surface area contributed by atoms with Crippen molar-refractivity contribution < 1.29 is 4.79 Å². The summed E-state index contributed by atoms with van der Waals surface area (Å²) in [5, 5.41) is 0. The van der Waals surface area contributed by atoms with Crippen LogP contribution >= 0.6 is 0 Å². The minimum absolute atomic E-state index is 0.202. The summed E-state index contributed by atoms with van der Waals surface area (Å²) in [6.07, 6.45) is 13.4. The van der Waals surface area contributed by atoms with Gasteiger partial charge in [-0.25, -0.2) is 0 Å². The first kappa shape index (κ1) is 22.0. The van der Waals surface area contributed by atoms with Gasteiger partial charge in [-0.1, -0.05) is 45.9 Å². The van der Waals surface area contributed by atoms with E-state index >= 15 is 0 Å². The van der Waals surface area contributed by atoms with Crippen molar-refractivity contribution in [1.29, 1.82) is 0 Å². The number of amides is 1. The molecule has 0 unspecified atom stereocenters. The summed E-state index contributed by atoms with van der Waals surface area (Å²) in [7, 11) is 3.70. The zero-order valence-corrected chi connectivity index (χ0v) is 20.1. The number of rotatable bonds is 5. The lowest BCUT2D eigenvalue weighted by molar-refractivity contribution is -0.130. The molecule has 2 aliphatic carbocycles.